The summed E-state index contributed by atoms with van der Waals surface area (Å²) in [4.78, 5) is 0. The predicted octanol–water partition coefficient (Wildman–Crippen LogP) is 1.19. The third-order valence-corrected chi connectivity index (χ3v) is 1.91. The standard InChI is InChI=1S/C10H12F3NO3/c11-7-2-1-3-8(9(7)17-10(12)13)14-4-6(16)5-15/h1-3,6,10,14-16H,4-5H2. The van der Waals surface area contributed by atoms with Crippen LogP contribution in [0.1, 0.15) is 0 Å². The molecule has 0 fully saturated rings. The lowest BCUT2D eigenvalue weighted by Gasteiger charge is -2.14. The molecule has 0 radical (unpaired) electrons. The second-order valence-corrected chi connectivity index (χ2v) is 3.21. The van der Waals surface area contributed by atoms with E-state index in [4.69, 9.17) is 10.2 Å². The number of aliphatic hydroxyl groups excluding tert-OH is 2. The monoisotopic (exact) mass is 251 g/mol. The van der Waals surface area contributed by atoms with E-state index in [2.05, 4.69) is 10.1 Å². The van der Waals surface area contributed by atoms with Gasteiger partial charge in [-0.3, -0.25) is 0 Å². The van der Waals surface area contributed by atoms with Crippen molar-refractivity contribution >= 4 is 5.69 Å². The molecule has 0 spiro atoms. The number of para-hydroxylation sites is 1. The van der Waals surface area contributed by atoms with E-state index in [0.717, 1.165) is 6.07 Å². The first-order chi connectivity index (χ1) is 8.04. The highest BCUT2D eigenvalue weighted by Crippen LogP contribution is 2.29. The van der Waals surface area contributed by atoms with Gasteiger partial charge in [0.25, 0.3) is 0 Å². The Morgan fingerprint density at radius 3 is 2.65 bits per heavy atom. The van der Waals surface area contributed by atoms with Crippen molar-refractivity contribution in [3.8, 4) is 5.75 Å². The van der Waals surface area contributed by atoms with Crippen molar-refractivity contribution in [2.75, 3.05) is 18.5 Å². The van der Waals surface area contributed by atoms with Crippen LogP contribution in [0.4, 0.5) is 18.9 Å². The van der Waals surface area contributed by atoms with Crippen molar-refractivity contribution in [1.82, 2.24) is 0 Å². The molecule has 1 aromatic rings. The molecule has 0 amide bonds. The summed E-state index contributed by atoms with van der Waals surface area (Å²) in [6, 6.07) is 3.61. The van der Waals surface area contributed by atoms with Gasteiger partial charge in [-0.2, -0.15) is 8.78 Å². The van der Waals surface area contributed by atoms with Gasteiger partial charge < -0.3 is 20.3 Å². The number of anilines is 1. The number of halogens is 3. The summed E-state index contributed by atoms with van der Waals surface area (Å²) in [5.41, 5.74) is -0.0159. The SMILES string of the molecule is OCC(O)CNc1cccc(F)c1OC(F)F. The number of nitrogens with one attached hydrogen (secondary N) is 1. The van der Waals surface area contributed by atoms with Crippen LogP contribution in [0.2, 0.25) is 0 Å². The highest BCUT2D eigenvalue weighted by Gasteiger charge is 2.15. The number of ether oxygens (including phenoxy) is 1. The second kappa shape index (κ2) is 6.31. The van der Waals surface area contributed by atoms with Crippen LogP contribution in [0.15, 0.2) is 18.2 Å². The first kappa shape index (κ1) is 13.6. The normalized spacial score (nSPS) is 12.6. The Kier molecular flexibility index (Phi) is 5.05. The molecule has 7 heteroatoms. The zero-order valence-corrected chi connectivity index (χ0v) is 8.74. The minimum absolute atomic E-state index is 0.0159. The van der Waals surface area contributed by atoms with Crippen molar-refractivity contribution in [3.63, 3.8) is 0 Å². The molecule has 0 aliphatic rings. The van der Waals surface area contributed by atoms with E-state index in [1.165, 1.54) is 12.1 Å². The summed E-state index contributed by atoms with van der Waals surface area (Å²) < 4.78 is 41.3. The fourth-order valence-corrected chi connectivity index (χ4v) is 1.15. The highest BCUT2D eigenvalue weighted by molar-refractivity contribution is 5.57. The summed E-state index contributed by atoms with van der Waals surface area (Å²) in [5, 5.41) is 20.1. The zero-order valence-electron chi connectivity index (χ0n) is 8.74. The quantitative estimate of drug-likeness (QED) is 0.710. The third kappa shape index (κ3) is 4.12. The van der Waals surface area contributed by atoms with Crippen molar-refractivity contribution < 1.29 is 28.1 Å². The average Bonchev–Trinajstić information content (AvgIpc) is 2.29. The Morgan fingerprint density at radius 1 is 1.35 bits per heavy atom. The maximum Gasteiger partial charge on any atom is 0.387 e. The van der Waals surface area contributed by atoms with Crippen LogP contribution in [0, 0.1) is 5.82 Å². The Morgan fingerprint density at radius 2 is 2.06 bits per heavy atom. The lowest BCUT2D eigenvalue weighted by atomic mass is 10.2. The summed E-state index contributed by atoms with van der Waals surface area (Å²) in [6.45, 7) is -3.75. The molecule has 0 aliphatic heterocycles. The number of aliphatic hydroxyl groups is 2. The van der Waals surface area contributed by atoms with Crippen LogP contribution in [0.25, 0.3) is 0 Å². The molecule has 0 saturated heterocycles. The van der Waals surface area contributed by atoms with E-state index in [0.29, 0.717) is 0 Å². The van der Waals surface area contributed by atoms with Gasteiger partial charge in [0.1, 0.15) is 0 Å². The maximum atomic E-state index is 13.2. The molecule has 4 nitrogen and oxygen atoms in total. The van der Waals surface area contributed by atoms with Gasteiger partial charge in [0.15, 0.2) is 11.6 Å². The Bertz CT molecular complexity index is 363. The molecule has 1 unspecified atom stereocenters. The van der Waals surface area contributed by atoms with Gasteiger partial charge in [-0.25, -0.2) is 4.39 Å². The van der Waals surface area contributed by atoms with Gasteiger partial charge in [0.05, 0.1) is 18.4 Å². The van der Waals surface area contributed by atoms with Crippen molar-refractivity contribution in [1.29, 1.82) is 0 Å². The van der Waals surface area contributed by atoms with E-state index in [-0.39, 0.29) is 12.2 Å². The van der Waals surface area contributed by atoms with Crippen LogP contribution in [0.3, 0.4) is 0 Å². The van der Waals surface area contributed by atoms with Gasteiger partial charge in [-0.15, -0.1) is 0 Å². The van der Waals surface area contributed by atoms with Gasteiger partial charge in [-0.1, -0.05) is 6.07 Å². The van der Waals surface area contributed by atoms with E-state index in [1.54, 1.807) is 0 Å². The Hall–Kier alpha value is -1.47. The maximum absolute atomic E-state index is 13.2. The zero-order chi connectivity index (χ0) is 12.8. The molecule has 1 rings (SSSR count). The molecule has 0 saturated carbocycles. The molecule has 0 aliphatic carbocycles. The van der Waals surface area contributed by atoms with Crippen molar-refractivity contribution in [2.24, 2.45) is 0 Å². The lowest BCUT2D eigenvalue weighted by molar-refractivity contribution is -0.0517. The minimum atomic E-state index is -3.14. The Balaban J connectivity index is 2.79. The number of hydrogen-bond donors (Lipinski definition) is 3. The number of hydrogen-bond acceptors (Lipinski definition) is 4. The molecule has 0 heterocycles. The van der Waals surface area contributed by atoms with Crippen LogP contribution < -0.4 is 10.1 Å². The molecule has 96 valence electrons. The van der Waals surface area contributed by atoms with Crippen LogP contribution >= 0.6 is 0 Å². The van der Waals surface area contributed by atoms with Gasteiger partial charge in [0.2, 0.25) is 0 Å². The molecule has 0 bridgehead atoms. The predicted molar refractivity (Wildman–Crippen MR) is 54.6 cm³/mol. The third-order valence-electron chi connectivity index (χ3n) is 1.91. The first-order valence-corrected chi connectivity index (χ1v) is 4.80. The van der Waals surface area contributed by atoms with Gasteiger partial charge in [-0.05, 0) is 12.1 Å². The molecule has 17 heavy (non-hydrogen) atoms. The summed E-state index contributed by atoms with van der Waals surface area (Å²) in [6.07, 6.45) is -1.07. The largest absolute Gasteiger partial charge is 0.429 e. The van der Waals surface area contributed by atoms with Crippen molar-refractivity contribution in [2.45, 2.75) is 12.7 Å². The van der Waals surface area contributed by atoms with E-state index in [9.17, 15) is 13.2 Å². The molecular weight excluding hydrogens is 239 g/mol. The molecule has 1 atom stereocenters. The number of alkyl halides is 2. The van der Waals surface area contributed by atoms with Crippen LogP contribution in [-0.4, -0.2) is 36.1 Å². The molecular formula is C10H12F3NO3. The smallest absolute Gasteiger partial charge is 0.387 e. The summed E-state index contributed by atoms with van der Waals surface area (Å²) >= 11 is 0. The van der Waals surface area contributed by atoms with E-state index < -0.39 is 30.9 Å². The fourth-order valence-electron chi connectivity index (χ4n) is 1.15. The average molecular weight is 251 g/mol. The van der Waals surface area contributed by atoms with Gasteiger partial charge in [0, 0.05) is 6.54 Å². The van der Waals surface area contributed by atoms with E-state index >= 15 is 0 Å². The number of benzene rings is 1. The highest BCUT2D eigenvalue weighted by atomic mass is 19.3. The number of rotatable bonds is 6. The lowest BCUT2D eigenvalue weighted by Crippen LogP contribution is -2.23. The first-order valence-electron chi connectivity index (χ1n) is 4.80. The second-order valence-electron chi connectivity index (χ2n) is 3.21. The minimum Gasteiger partial charge on any atom is -0.429 e. The Labute approximate surface area is 95.6 Å². The molecule has 3 N–H and O–H groups in total. The topological polar surface area (TPSA) is 61.7 Å². The van der Waals surface area contributed by atoms with Gasteiger partial charge >= 0.3 is 6.61 Å². The summed E-state index contributed by atoms with van der Waals surface area (Å²) in [7, 11) is 0. The fraction of sp³-hybridized carbons (Fsp3) is 0.400. The van der Waals surface area contributed by atoms with Crippen LogP contribution in [0.5, 0.6) is 5.75 Å². The molecule has 1 aromatic carbocycles. The van der Waals surface area contributed by atoms with Crippen LogP contribution in [-0.2, 0) is 0 Å². The van der Waals surface area contributed by atoms with Crippen molar-refractivity contribution in [3.05, 3.63) is 24.0 Å². The van der Waals surface area contributed by atoms with E-state index in [1.807, 2.05) is 0 Å². The molecule has 0 aromatic heterocycles. The summed E-state index contributed by atoms with van der Waals surface area (Å²) in [5.74, 6) is -1.55.